The molecule has 1 saturated heterocycles. The number of ether oxygens (including phenoxy) is 1. The van der Waals surface area contributed by atoms with Gasteiger partial charge >= 0.3 is 6.03 Å². The van der Waals surface area contributed by atoms with E-state index in [0.29, 0.717) is 30.2 Å². The highest BCUT2D eigenvalue weighted by molar-refractivity contribution is 5.96. The van der Waals surface area contributed by atoms with Gasteiger partial charge in [0.25, 0.3) is 5.91 Å². The molecule has 2 aliphatic heterocycles. The van der Waals surface area contributed by atoms with Gasteiger partial charge in [0.15, 0.2) is 6.61 Å². The quantitative estimate of drug-likeness (QED) is 0.743. The lowest BCUT2D eigenvalue weighted by molar-refractivity contribution is -0.118. The van der Waals surface area contributed by atoms with Gasteiger partial charge in [0.05, 0.1) is 5.69 Å². The highest BCUT2D eigenvalue weighted by Crippen LogP contribution is 2.31. The number of nitrogens with two attached hydrogens (primary N) is 1. The predicted octanol–water partition coefficient (Wildman–Crippen LogP) is 1.80. The van der Waals surface area contributed by atoms with Crippen LogP contribution in [-0.4, -0.2) is 46.5 Å². The van der Waals surface area contributed by atoms with Crippen molar-refractivity contribution in [3.05, 3.63) is 36.2 Å². The maximum absolute atomic E-state index is 12.5. The van der Waals surface area contributed by atoms with E-state index >= 15 is 0 Å². The smallest absolute Gasteiger partial charge is 0.321 e. The number of carbonyl (C=O) groups excluding carboxylic acids is 2. The standard InChI is InChI=1S/C18H20N6O3/c19-17-20-6-3-13(23-17)11-4-7-24(8-5-11)18(26)21-12-1-2-14-15(9-12)27-10-16(25)22-14/h1-3,6,9,11H,4-5,7-8,10H2,(H,21,26)(H,22,25)(H2,19,20,23). The first kappa shape index (κ1) is 17.1. The van der Waals surface area contributed by atoms with Crippen molar-refractivity contribution in [1.29, 1.82) is 0 Å². The van der Waals surface area contributed by atoms with Gasteiger partial charge in [-0.2, -0.15) is 0 Å². The summed E-state index contributed by atoms with van der Waals surface area (Å²) >= 11 is 0. The second kappa shape index (κ2) is 7.10. The van der Waals surface area contributed by atoms with Crippen LogP contribution in [-0.2, 0) is 4.79 Å². The third-order valence-corrected chi connectivity index (χ3v) is 4.76. The van der Waals surface area contributed by atoms with Gasteiger partial charge in [0.2, 0.25) is 5.95 Å². The molecule has 0 saturated carbocycles. The molecule has 4 N–H and O–H groups in total. The first-order chi connectivity index (χ1) is 13.1. The van der Waals surface area contributed by atoms with Crippen LogP contribution >= 0.6 is 0 Å². The van der Waals surface area contributed by atoms with Crippen LogP contribution in [0.15, 0.2) is 30.5 Å². The van der Waals surface area contributed by atoms with Gasteiger partial charge in [0, 0.05) is 42.7 Å². The molecular formula is C18H20N6O3. The molecule has 1 aromatic heterocycles. The molecule has 0 unspecified atom stereocenters. The van der Waals surface area contributed by atoms with Crippen molar-refractivity contribution in [1.82, 2.24) is 14.9 Å². The summed E-state index contributed by atoms with van der Waals surface area (Å²) in [6.07, 6.45) is 3.31. The number of hydrogen-bond donors (Lipinski definition) is 3. The third kappa shape index (κ3) is 3.76. The summed E-state index contributed by atoms with van der Waals surface area (Å²) in [7, 11) is 0. The van der Waals surface area contributed by atoms with Crippen LogP contribution in [0.4, 0.5) is 22.1 Å². The molecule has 3 heterocycles. The molecule has 0 spiro atoms. The van der Waals surface area contributed by atoms with Crippen molar-refractivity contribution in [2.45, 2.75) is 18.8 Å². The zero-order valence-corrected chi connectivity index (χ0v) is 14.6. The molecule has 0 radical (unpaired) electrons. The van der Waals surface area contributed by atoms with Gasteiger partial charge in [-0.3, -0.25) is 4.79 Å². The second-order valence-corrected chi connectivity index (χ2v) is 6.58. The fraction of sp³-hybridized carbons (Fsp3) is 0.333. The summed E-state index contributed by atoms with van der Waals surface area (Å²) in [5.74, 6) is 0.915. The van der Waals surface area contributed by atoms with Crippen LogP contribution < -0.4 is 21.1 Å². The van der Waals surface area contributed by atoms with Crippen molar-refractivity contribution in [3.63, 3.8) is 0 Å². The normalized spacial score (nSPS) is 16.9. The molecule has 2 aliphatic rings. The van der Waals surface area contributed by atoms with Crippen LogP contribution in [0.1, 0.15) is 24.5 Å². The minimum atomic E-state index is -0.187. The van der Waals surface area contributed by atoms with E-state index in [9.17, 15) is 9.59 Å². The van der Waals surface area contributed by atoms with Crippen molar-refractivity contribution in [2.75, 3.05) is 36.1 Å². The van der Waals surface area contributed by atoms with Gasteiger partial charge in [-0.05, 0) is 31.0 Å². The third-order valence-electron chi connectivity index (χ3n) is 4.76. The highest BCUT2D eigenvalue weighted by atomic mass is 16.5. The van der Waals surface area contributed by atoms with E-state index in [4.69, 9.17) is 10.5 Å². The SMILES string of the molecule is Nc1nccc(C2CCN(C(=O)Nc3ccc4c(c3)OCC(=O)N4)CC2)n1. The van der Waals surface area contributed by atoms with E-state index in [1.54, 1.807) is 29.3 Å². The number of piperidine rings is 1. The Morgan fingerprint density at radius 1 is 1.30 bits per heavy atom. The number of nitrogen functional groups attached to an aromatic ring is 1. The summed E-state index contributed by atoms with van der Waals surface area (Å²) < 4.78 is 5.38. The van der Waals surface area contributed by atoms with E-state index in [0.717, 1.165) is 18.5 Å². The summed E-state index contributed by atoms with van der Waals surface area (Å²) in [5, 5.41) is 5.61. The van der Waals surface area contributed by atoms with E-state index in [2.05, 4.69) is 20.6 Å². The summed E-state index contributed by atoms with van der Waals surface area (Å²) in [6, 6.07) is 6.89. The zero-order chi connectivity index (χ0) is 18.8. The lowest BCUT2D eigenvalue weighted by Gasteiger charge is -2.31. The maximum atomic E-state index is 12.5. The van der Waals surface area contributed by atoms with Crippen molar-refractivity contribution >= 4 is 29.3 Å². The fourth-order valence-electron chi connectivity index (χ4n) is 3.35. The minimum Gasteiger partial charge on any atom is -0.482 e. The van der Waals surface area contributed by atoms with E-state index in [1.807, 2.05) is 6.07 Å². The first-order valence-electron chi connectivity index (χ1n) is 8.79. The van der Waals surface area contributed by atoms with Crippen LogP contribution in [0.25, 0.3) is 0 Å². The zero-order valence-electron chi connectivity index (χ0n) is 14.6. The highest BCUT2D eigenvalue weighted by Gasteiger charge is 2.25. The van der Waals surface area contributed by atoms with E-state index < -0.39 is 0 Å². The molecule has 0 atom stereocenters. The van der Waals surface area contributed by atoms with E-state index in [1.165, 1.54) is 0 Å². The molecule has 0 bridgehead atoms. The fourth-order valence-corrected chi connectivity index (χ4v) is 3.35. The largest absolute Gasteiger partial charge is 0.482 e. The van der Waals surface area contributed by atoms with Gasteiger partial charge in [-0.1, -0.05) is 0 Å². The summed E-state index contributed by atoms with van der Waals surface area (Å²) in [4.78, 5) is 33.8. The Labute approximate surface area is 155 Å². The molecule has 1 aromatic carbocycles. The Morgan fingerprint density at radius 3 is 2.89 bits per heavy atom. The Kier molecular flexibility index (Phi) is 4.49. The number of hydrogen-bond acceptors (Lipinski definition) is 6. The molecule has 3 amide bonds. The number of fused-ring (bicyclic) bond motifs is 1. The average molecular weight is 368 g/mol. The molecule has 0 aliphatic carbocycles. The molecule has 1 fully saturated rings. The number of nitrogens with zero attached hydrogens (tertiary/aromatic N) is 3. The Morgan fingerprint density at radius 2 is 2.11 bits per heavy atom. The molecular weight excluding hydrogens is 348 g/mol. The van der Waals surface area contributed by atoms with Gasteiger partial charge in [-0.25, -0.2) is 14.8 Å². The topological polar surface area (TPSA) is 122 Å². The maximum Gasteiger partial charge on any atom is 0.321 e. The van der Waals surface area contributed by atoms with Crippen LogP contribution in [0.5, 0.6) is 5.75 Å². The summed E-state index contributed by atoms with van der Waals surface area (Å²) in [5.41, 5.74) is 7.81. The molecule has 27 heavy (non-hydrogen) atoms. The number of nitrogens with one attached hydrogen (secondary N) is 2. The van der Waals surface area contributed by atoms with Crippen molar-refractivity contribution in [3.8, 4) is 5.75 Å². The van der Waals surface area contributed by atoms with Crippen LogP contribution in [0.2, 0.25) is 0 Å². The average Bonchev–Trinajstić information content (AvgIpc) is 2.68. The van der Waals surface area contributed by atoms with Crippen molar-refractivity contribution < 1.29 is 14.3 Å². The van der Waals surface area contributed by atoms with Crippen molar-refractivity contribution in [2.24, 2.45) is 0 Å². The molecule has 9 heteroatoms. The number of amides is 3. The monoisotopic (exact) mass is 368 g/mol. The molecule has 2 aromatic rings. The Hall–Kier alpha value is -3.36. The molecule has 4 rings (SSSR count). The minimum absolute atomic E-state index is 0.0224. The second-order valence-electron chi connectivity index (χ2n) is 6.58. The van der Waals surface area contributed by atoms with E-state index in [-0.39, 0.29) is 30.4 Å². The van der Waals surface area contributed by atoms with Gasteiger partial charge in [0.1, 0.15) is 5.75 Å². The Balaban J connectivity index is 1.35. The lowest BCUT2D eigenvalue weighted by atomic mass is 9.93. The predicted molar refractivity (Wildman–Crippen MR) is 99.6 cm³/mol. The number of anilines is 3. The lowest BCUT2D eigenvalue weighted by Crippen LogP contribution is -2.40. The number of rotatable bonds is 2. The molecule has 140 valence electrons. The van der Waals surface area contributed by atoms with Gasteiger partial charge < -0.3 is 26.0 Å². The number of benzene rings is 1. The number of carbonyl (C=O) groups is 2. The Bertz CT molecular complexity index is 879. The summed E-state index contributed by atoms with van der Waals surface area (Å²) in [6.45, 7) is 1.25. The van der Waals surface area contributed by atoms with Gasteiger partial charge in [-0.15, -0.1) is 0 Å². The number of aromatic nitrogens is 2. The number of likely N-dealkylation sites (tertiary alicyclic amines) is 1. The van der Waals surface area contributed by atoms with Crippen LogP contribution in [0, 0.1) is 0 Å². The van der Waals surface area contributed by atoms with Crippen LogP contribution in [0.3, 0.4) is 0 Å². The first-order valence-corrected chi connectivity index (χ1v) is 8.79. The molecule has 9 nitrogen and oxygen atoms in total. The number of urea groups is 1.